The monoisotopic (exact) mass is 326 g/mol. The van der Waals surface area contributed by atoms with Gasteiger partial charge in [0.1, 0.15) is 6.54 Å². The standard InChI is InChI=1S/C17H14N2O3S/c1-23-12-8-6-11(7-9-12)18-15(20)10-19-16(21)13-4-2-3-5-14(13)17(19)22/h2-9H,10H2,1H3,(H,18,20). The van der Waals surface area contributed by atoms with Crippen LogP contribution in [0.2, 0.25) is 0 Å². The first-order valence-corrected chi connectivity index (χ1v) is 8.22. The van der Waals surface area contributed by atoms with E-state index in [9.17, 15) is 14.4 Å². The summed E-state index contributed by atoms with van der Waals surface area (Å²) in [5.74, 6) is -1.27. The second-order valence-electron chi connectivity index (χ2n) is 5.02. The molecule has 2 aromatic rings. The van der Waals surface area contributed by atoms with Gasteiger partial charge in [-0.3, -0.25) is 19.3 Å². The molecule has 0 bridgehead atoms. The number of nitrogens with zero attached hydrogens (tertiary/aromatic N) is 1. The first-order valence-electron chi connectivity index (χ1n) is 6.99. The molecule has 2 aromatic carbocycles. The summed E-state index contributed by atoms with van der Waals surface area (Å²) in [6, 6.07) is 13.9. The summed E-state index contributed by atoms with van der Waals surface area (Å²) < 4.78 is 0. The van der Waals surface area contributed by atoms with Gasteiger partial charge in [-0.15, -0.1) is 11.8 Å². The number of benzene rings is 2. The normalized spacial score (nSPS) is 13.2. The Hall–Kier alpha value is -2.60. The lowest BCUT2D eigenvalue weighted by Crippen LogP contribution is -2.37. The summed E-state index contributed by atoms with van der Waals surface area (Å²) in [5, 5.41) is 2.69. The SMILES string of the molecule is CSc1ccc(NC(=O)CN2C(=O)c3ccccc3C2=O)cc1. The molecule has 3 amide bonds. The van der Waals surface area contributed by atoms with Crippen molar-refractivity contribution in [1.82, 2.24) is 4.90 Å². The van der Waals surface area contributed by atoms with Crippen molar-refractivity contribution in [2.45, 2.75) is 4.90 Å². The molecule has 23 heavy (non-hydrogen) atoms. The summed E-state index contributed by atoms with van der Waals surface area (Å²) in [7, 11) is 0. The highest BCUT2D eigenvalue weighted by atomic mass is 32.2. The zero-order valence-electron chi connectivity index (χ0n) is 12.4. The van der Waals surface area contributed by atoms with Crippen LogP contribution >= 0.6 is 11.8 Å². The van der Waals surface area contributed by atoms with Gasteiger partial charge in [0.15, 0.2) is 0 Å². The first-order chi connectivity index (χ1) is 11.1. The molecule has 6 heteroatoms. The van der Waals surface area contributed by atoms with Gasteiger partial charge in [0, 0.05) is 10.6 Å². The molecule has 0 aromatic heterocycles. The zero-order chi connectivity index (χ0) is 16.4. The number of rotatable bonds is 4. The molecule has 0 radical (unpaired) electrons. The molecule has 5 nitrogen and oxygen atoms in total. The smallest absolute Gasteiger partial charge is 0.262 e. The molecule has 0 saturated carbocycles. The number of amides is 3. The van der Waals surface area contributed by atoms with Crippen LogP contribution in [0.3, 0.4) is 0 Å². The maximum absolute atomic E-state index is 12.2. The summed E-state index contributed by atoms with van der Waals surface area (Å²) in [6.45, 7) is -0.295. The molecule has 0 atom stereocenters. The van der Waals surface area contributed by atoms with Gasteiger partial charge < -0.3 is 5.32 Å². The molecule has 0 fully saturated rings. The van der Waals surface area contributed by atoms with E-state index >= 15 is 0 Å². The summed E-state index contributed by atoms with van der Waals surface area (Å²) in [4.78, 5) is 38.6. The Balaban J connectivity index is 1.69. The van der Waals surface area contributed by atoms with E-state index in [1.54, 1.807) is 48.2 Å². The van der Waals surface area contributed by atoms with Crippen LogP contribution in [0.5, 0.6) is 0 Å². The Labute approximate surface area is 137 Å². The fourth-order valence-electron chi connectivity index (χ4n) is 2.40. The number of nitrogens with one attached hydrogen (secondary N) is 1. The molecule has 0 saturated heterocycles. The molecule has 0 aliphatic carbocycles. The number of thioether (sulfide) groups is 1. The van der Waals surface area contributed by atoms with Crippen molar-refractivity contribution in [1.29, 1.82) is 0 Å². The largest absolute Gasteiger partial charge is 0.325 e. The third-order valence-electron chi connectivity index (χ3n) is 3.55. The van der Waals surface area contributed by atoms with Gasteiger partial charge in [0.25, 0.3) is 11.8 Å². The third kappa shape index (κ3) is 2.98. The fraction of sp³-hybridized carbons (Fsp3) is 0.118. The highest BCUT2D eigenvalue weighted by molar-refractivity contribution is 7.98. The predicted molar refractivity (Wildman–Crippen MR) is 88.7 cm³/mol. The molecular weight excluding hydrogens is 312 g/mol. The van der Waals surface area contributed by atoms with Crippen LogP contribution in [0.25, 0.3) is 0 Å². The Morgan fingerprint density at radius 2 is 1.57 bits per heavy atom. The second kappa shape index (κ2) is 6.26. The Morgan fingerprint density at radius 3 is 2.09 bits per heavy atom. The predicted octanol–water partition coefficient (Wildman–Crippen LogP) is 2.64. The minimum absolute atomic E-state index is 0.295. The number of carbonyl (C=O) groups excluding carboxylic acids is 3. The van der Waals surface area contributed by atoms with E-state index in [1.807, 2.05) is 18.4 Å². The Kier molecular flexibility index (Phi) is 4.16. The van der Waals surface area contributed by atoms with Crippen molar-refractivity contribution in [2.75, 3.05) is 18.1 Å². The van der Waals surface area contributed by atoms with Gasteiger partial charge >= 0.3 is 0 Å². The van der Waals surface area contributed by atoms with Crippen LogP contribution < -0.4 is 5.32 Å². The summed E-state index contributed by atoms with van der Waals surface area (Å²) >= 11 is 1.61. The van der Waals surface area contributed by atoms with Crippen molar-refractivity contribution < 1.29 is 14.4 Å². The molecule has 1 aliphatic heterocycles. The maximum Gasteiger partial charge on any atom is 0.262 e. The summed E-state index contributed by atoms with van der Waals surface area (Å²) in [5.41, 5.74) is 1.31. The maximum atomic E-state index is 12.2. The fourth-order valence-corrected chi connectivity index (χ4v) is 2.81. The van der Waals surface area contributed by atoms with E-state index < -0.39 is 17.7 Å². The number of carbonyl (C=O) groups is 3. The minimum Gasteiger partial charge on any atom is -0.325 e. The lowest BCUT2D eigenvalue weighted by atomic mass is 10.1. The molecule has 0 unspecified atom stereocenters. The van der Waals surface area contributed by atoms with E-state index in [0.29, 0.717) is 16.8 Å². The van der Waals surface area contributed by atoms with Crippen molar-refractivity contribution in [3.8, 4) is 0 Å². The topological polar surface area (TPSA) is 66.5 Å². The molecular formula is C17H14N2O3S. The van der Waals surface area contributed by atoms with Gasteiger partial charge in [-0.2, -0.15) is 0 Å². The lowest BCUT2D eigenvalue weighted by Gasteiger charge is -2.13. The molecule has 116 valence electrons. The number of hydrogen-bond donors (Lipinski definition) is 1. The van der Waals surface area contributed by atoms with E-state index in [0.717, 1.165) is 9.80 Å². The Morgan fingerprint density at radius 1 is 1.00 bits per heavy atom. The second-order valence-corrected chi connectivity index (χ2v) is 5.90. The van der Waals surface area contributed by atoms with Crippen LogP contribution in [0.15, 0.2) is 53.4 Å². The highest BCUT2D eigenvalue weighted by Gasteiger charge is 2.36. The van der Waals surface area contributed by atoms with Crippen LogP contribution in [0, 0.1) is 0 Å². The first kappa shape index (κ1) is 15.3. The molecule has 1 heterocycles. The van der Waals surface area contributed by atoms with Crippen LogP contribution in [0.1, 0.15) is 20.7 Å². The lowest BCUT2D eigenvalue weighted by molar-refractivity contribution is -0.116. The zero-order valence-corrected chi connectivity index (χ0v) is 13.2. The molecule has 3 rings (SSSR count). The number of hydrogen-bond acceptors (Lipinski definition) is 4. The van der Waals surface area contributed by atoms with Crippen LogP contribution in [-0.4, -0.2) is 35.4 Å². The number of anilines is 1. The van der Waals surface area contributed by atoms with Crippen molar-refractivity contribution in [3.63, 3.8) is 0 Å². The van der Waals surface area contributed by atoms with Gasteiger partial charge in [0.05, 0.1) is 11.1 Å². The van der Waals surface area contributed by atoms with Gasteiger partial charge in [-0.25, -0.2) is 0 Å². The van der Waals surface area contributed by atoms with E-state index in [4.69, 9.17) is 0 Å². The average Bonchev–Trinajstić information content (AvgIpc) is 2.81. The summed E-state index contributed by atoms with van der Waals surface area (Å²) in [6.07, 6.45) is 1.97. The van der Waals surface area contributed by atoms with Crippen molar-refractivity contribution in [2.24, 2.45) is 0 Å². The third-order valence-corrected chi connectivity index (χ3v) is 4.30. The van der Waals surface area contributed by atoms with E-state index in [1.165, 1.54) is 0 Å². The van der Waals surface area contributed by atoms with Gasteiger partial charge in [-0.05, 0) is 42.7 Å². The van der Waals surface area contributed by atoms with E-state index in [-0.39, 0.29) is 6.54 Å². The highest BCUT2D eigenvalue weighted by Crippen LogP contribution is 2.22. The van der Waals surface area contributed by atoms with Gasteiger partial charge in [0.2, 0.25) is 5.91 Å². The molecule has 0 spiro atoms. The number of fused-ring (bicyclic) bond motifs is 1. The minimum atomic E-state index is -0.432. The van der Waals surface area contributed by atoms with Crippen LogP contribution in [-0.2, 0) is 4.79 Å². The van der Waals surface area contributed by atoms with Crippen molar-refractivity contribution >= 4 is 35.2 Å². The van der Waals surface area contributed by atoms with E-state index in [2.05, 4.69) is 5.32 Å². The number of imide groups is 1. The molecule has 1 aliphatic rings. The van der Waals surface area contributed by atoms with Crippen molar-refractivity contribution in [3.05, 3.63) is 59.7 Å². The quantitative estimate of drug-likeness (QED) is 0.693. The Bertz CT molecular complexity index is 752. The van der Waals surface area contributed by atoms with Crippen LogP contribution in [0.4, 0.5) is 5.69 Å². The van der Waals surface area contributed by atoms with Gasteiger partial charge in [-0.1, -0.05) is 12.1 Å². The average molecular weight is 326 g/mol. The molecule has 1 N–H and O–H groups in total.